The second kappa shape index (κ2) is 2.73. The third kappa shape index (κ3) is 1.29. The molecule has 1 heterocycles. The Morgan fingerprint density at radius 1 is 1.70 bits per heavy atom. The first-order valence-corrected chi connectivity index (χ1v) is 3.48. The minimum Gasteiger partial charge on any atom is -0.383 e. The van der Waals surface area contributed by atoms with Gasteiger partial charge in [0.25, 0.3) is 0 Å². The lowest BCUT2D eigenvalue weighted by Crippen LogP contribution is -1.95. The van der Waals surface area contributed by atoms with Crippen molar-refractivity contribution >= 4 is 5.69 Å². The molecule has 0 aliphatic carbocycles. The van der Waals surface area contributed by atoms with Crippen molar-refractivity contribution in [2.45, 2.75) is 13.8 Å². The Bertz CT molecular complexity index is 215. The first-order chi connectivity index (χ1) is 4.74. The molecule has 0 aliphatic heterocycles. The van der Waals surface area contributed by atoms with Crippen LogP contribution in [0.2, 0.25) is 0 Å². The van der Waals surface area contributed by atoms with E-state index in [0.29, 0.717) is 0 Å². The number of nitrogens with one attached hydrogen (secondary N) is 1. The Morgan fingerprint density at radius 2 is 2.40 bits per heavy atom. The number of anilines is 1. The normalized spacial score (nSPS) is 9.90. The molecule has 0 bridgehead atoms. The topological polar surface area (TPSA) is 29.9 Å². The summed E-state index contributed by atoms with van der Waals surface area (Å²) in [5.74, 6) is 0. The van der Waals surface area contributed by atoms with Crippen LogP contribution in [0.15, 0.2) is 6.20 Å². The third-order valence-electron chi connectivity index (χ3n) is 1.38. The summed E-state index contributed by atoms with van der Waals surface area (Å²) in [4.78, 5) is 0. The van der Waals surface area contributed by atoms with E-state index in [1.165, 1.54) is 0 Å². The van der Waals surface area contributed by atoms with Gasteiger partial charge in [0.05, 0.1) is 11.4 Å². The van der Waals surface area contributed by atoms with E-state index in [0.717, 1.165) is 17.9 Å². The largest absolute Gasteiger partial charge is 0.383 e. The zero-order valence-electron chi connectivity index (χ0n) is 6.68. The van der Waals surface area contributed by atoms with E-state index < -0.39 is 0 Å². The highest BCUT2D eigenvalue weighted by Crippen LogP contribution is 2.09. The first kappa shape index (κ1) is 7.12. The van der Waals surface area contributed by atoms with Gasteiger partial charge in [0.2, 0.25) is 0 Å². The smallest absolute Gasteiger partial charge is 0.0824 e. The van der Waals surface area contributed by atoms with Crippen LogP contribution in [0.3, 0.4) is 0 Å². The van der Waals surface area contributed by atoms with Gasteiger partial charge in [-0.15, -0.1) is 0 Å². The lowest BCUT2D eigenvalue weighted by atomic mass is 10.4. The maximum atomic E-state index is 4.18. The number of aromatic nitrogens is 2. The number of nitrogens with zero attached hydrogens (tertiary/aromatic N) is 2. The quantitative estimate of drug-likeness (QED) is 0.666. The average Bonchev–Trinajstić information content (AvgIpc) is 2.13. The zero-order chi connectivity index (χ0) is 7.56. The SMILES string of the molecule is CCNc1cn(C)nc1C. The fourth-order valence-electron chi connectivity index (χ4n) is 0.964. The Morgan fingerprint density at radius 3 is 2.80 bits per heavy atom. The van der Waals surface area contributed by atoms with Gasteiger partial charge in [-0.25, -0.2) is 0 Å². The Balaban J connectivity index is 2.81. The van der Waals surface area contributed by atoms with E-state index in [-0.39, 0.29) is 0 Å². The van der Waals surface area contributed by atoms with Crippen molar-refractivity contribution in [3.05, 3.63) is 11.9 Å². The second-order valence-electron chi connectivity index (χ2n) is 2.33. The van der Waals surface area contributed by atoms with Gasteiger partial charge in [0, 0.05) is 19.8 Å². The van der Waals surface area contributed by atoms with Crippen molar-refractivity contribution in [3.8, 4) is 0 Å². The summed E-state index contributed by atoms with van der Waals surface area (Å²) in [5.41, 5.74) is 2.19. The van der Waals surface area contributed by atoms with Gasteiger partial charge in [-0.1, -0.05) is 0 Å². The van der Waals surface area contributed by atoms with Crippen LogP contribution >= 0.6 is 0 Å². The molecule has 0 unspecified atom stereocenters. The van der Waals surface area contributed by atoms with Crippen LogP contribution in [-0.4, -0.2) is 16.3 Å². The van der Waals surface area contributed by atoms with Crippen molar-refractivity contribution in [2.75, 3.05) is 11.9 Å². The van der Waals surface area contributed by atoms with Crippen LogP contribution in [0.1, 0.15) is 12.6 Å². The van der Waals surface area contributed by atoms with Crippen LogP contribution in [0.4, 0.5) is 5.69 Å². The van der Waals surface area contributed by atoms with Crippen molar-refractivity contribution < 1.29 is 0 Å². The van der Waals surface area contributed by atoms with Crippen molar-refractivity contribution in [2.24, 2.45) is 7.05 Å². The summed E-state index contributed by atoms with van der Waals surface area (Å²) >= 11 is 0. The van der Waals surface area contributed by atoms with Crippen LogP contribution in [-0.2, 0) is 7.05 Å². The molecule has 0 aliphatic rings. The van der Waals surface area contributed by atoms with Crippen molar-refractivity contribution in [3.63, 3.8) is 0 Å². The molecule has 1 N–H and O–H groups in total. The molecule has 10 heavy (non-hydrogen) atoms. The van der Waals surface area contributed by atoms with Gasteiger partial charge in [0.15, 0.2) is 0 Å². The fourth-order valence-corrected chi connectivity index (χ4v) is 0.964. The van der Waals surface area contributed by atoms with Gasteiger partial charge < -0.3 is 5.32 Å². The van der Waals surface area contributed by atoms with Gasteiger partial charge in [-0.2, -0.15) is 5.10 Å². The van der Waals surface area contributed by atoms with Gasteiger partial charge in [-0.3, -0.25) is 4.68 Å². The summed E-state index contributed by atoms with van der Waals surface area (Å²) in [6, 6.07) is 0. The molecule has 1 rings (SSSR count). The third-order valence-corrected chi connectivity index (χ3v) is 1.38. The molecule has 3 heteroatoms. The van der Waals surface area contributed by atoms with Crippen LogP contribution in [0, 0.1) is 6.92 Å². The van der Waals surface area contributed by atoms with E-state index in [1.807, 2.05) is 24.9 Å². The maximum Gasteiger partial charge on any atom is 0.0824 e. The van der Waals surface area contributed by atoms with E-state index in [9.17, 15) is 0 Å². The summed E-state index contributed by atoms with van der Waals surface area (Å²) in [5, 5.41) is 7.40. The molecule has 0 amide bonds. The van der Waals surface area contributed by atoms with E-state index in [1.54, 1.807) is 0 Å². The van der Waals surface area contributed by atoms with E-state index >= 15 is 0 Å². The molecule has 0 saturated carbocycles. The molecule has 0 atom stereocenters. The number of hydrogen-bond donors (Lipinski definition) is 1. The molecule has 56 valence electrons. The monoisotopic (exact) mass is 139 g/mol. The van der Waals surface area contributed by atoms with E-state index in [4.69, 9.17) is 0 Å². The van der Waals surface area contributed by atoms with Gasteiger partial charge in [-0.05, 0) is 13.8 Å². The summed E-state index contributed by atoms with van der Waals surface area (Å²) in [6.45, 7) is 5.02. The lowest BCUT2D eigenvalue weighted by molar-refractivity contribution is 0.756. The highest BCUT2D eigenvalue weighted by Gasteiger charge is 1.98. The Hall–Kier alpha value is -0.990. The molecule has 0 aromatic carbocycles. The zero-order valence-corrected chi connectivity index (χ0v) is 6.68. The highest BCUT2D eigenvalue weighted by molar-refractivity contribution is 5.45. The molecule has 0 spiro atoms. The number of hydrogen-bond acceptors (Lipinski definition) is 2. The summed E-state index contributed by atoms with van der Waals surface area (Å²) in [6.07, 6.45) is 1.98. The number of rotatable bonds is 2. The minimum atomic E-state index is 0.951. The standard InChI is InChI=1S/C7H13N3/c1-4-8-7-5-10(3)9-6(7)2/h5,8H,4H2,1-3H3. The molecule has 0 saturated heterocycles. The summed E-state index contributed by atoms with van der Waals surface area (Å²) in [7, 11) is 1.92. The molecule has 0 radical (unpaired) electrons. The van der Waals surface area contributed by atoms with Gasteiger partial charge in [0.1, 0.15) is 0 Å². The van der Waals surface area contributed by atoms with E-state index in [2.05, 4.69) is 17.3 Å². The predicted molar refractivity (Wildman–Crippen MR) is 42.1 cm³/mol. The second-order valence-corrected chi connectivity index (χ2v) is 2.33. The first-order valence-electron chi connectivity index (χ1n) is 3.48. The molecular formula is C7H13N3. The molecule has 0 fully saturated rings. The molecule has 1 aromatic rings. The average molecular weight is 139 g/mol. The van der Waals surface area contributed by atoms with Crippen LogP contribution < -0.4 is 5.32 Å². The predicted octanol–water partition coefficient (Wildman–Crippen LogP) is 1.16. The lowest BCUT2D eigenvalue weighted by Gasteiger charge is -1.96. The molecular weight excluding hydrogens is 126 g/mol. The summed E-state index contributed by atoms with van der Waals surface area (Å²) < 4.78 is 1.81. The Kier molecular flexibility index (Phi) is 1.94. The Labute approximate surface area is 61.0 Å². The fraction of sp³-hybridized carbons (Fsp3) is 0.571. The van der Waals surface area contributed by atoms with Crippen molar-refractivity contribution in [1.29, 1.82) is 0 Å². The van der Waals surface area contributed by atoms with Gasteiger partial charge >= 0.3 is 0 Å². The van der Waals surface area contributed by atoms with Crippen molar-refractivity contribution in [1.82, 2.24) is 9.78 Å². The van der Waals surface area contributed by atoms with Crippen LogP contribution in [0.25, 0.3) is 0 Å². The molecule has 3 nitrogen and oxygen atoms in total. The highest BCUT2D eigenvalue weighted by atomic mass is 15.3. The maximum absolute atomic E-state index is 4.18. The number of aryl methyl sites for hydroxylation is 2. The minimum absolute atomic E-state index is 0.951. The molecule has 1 aromatic heterocycles. The van der Waals surface area contributed by atoms with Crippen LogP contribution in [0.5, 0.6) is 0 Å².